The highest BCUT2D eigenvalue weighted by Crippen LogP contribution is 2.22. The second-order valence-corrected chi connectivity index (χ2v) is 7.67. The van der Waals surface area contributed by atoms with Crippen molar-refractivity contribution >= 4 is 11.6 Å². The van der Waals surface area contributed by atoms with E-state index in [1.165, 1.54) is 31.5 Å². The number of hydrogen-bond donors (Lipinski definition) is 1. The zero-order valence-corrected chi connectivity index (χ0v) is 17.1. The average Bonchev–Trinajstić information content (AvgIpc) is 2.73. The molecule has 2 fully saturated rings. The van der Waals surface area contributed by atoms with E-state index in [1.807, 2.05) is 4.90 Å². The fourth-order valence-electron chi connectivity index (χ4n) is 4.12. The van der Waals surface area contributed by atoms with Crippen LogP contribution in [0.1, 0.15) is 26.7 Å². The van der Waals surface area contributed by atoms with Gasteiger partial charge in [0, 0.05) is 51.9 Å². The van der Waals surface area contributed by atoms with Crippen LogP contribution in [0.25, 0.3) is 0 Å². The molecule has 1 aromatic rings. The molecule has 5 nitrogen and oxygen atoms in total. The monoisotopic (exact) mass is 393 g/mol. The molecule has 0 bridgehead atoms. The smallest absolute Gasteiger partial charge is 0.194 e. The molecule has 1 atom stereocenters. The number of piperidine rings is 1. The van der Waals surface area contributed by atoms with Crippen molar-refractivity contribution in [3.63, 3.8) is 0 Å². The van der Waals surface area contributed by atoms with Gasteiger partial charge < -0.3 is 20.0 Å². The van der Waals surface area contributed by atoms with E-state index in [2.05, 4.69) is 29.0 Å². The van der Waals surface area contributed by atoms with E-state index in [0.29, 0.717) is 24.7 Å². The zero-order chi connectivity index (χ0) is 19.9. The summed E-state index contributed by atoms with van der Waals surface area (Å²) in [5, 5.41) is 3.40. The summed E-state index contributed by atoms with van der Waals surface area (Å²) < 4.78 is 27.6. The molecular formula is C21H33F2N5. The van der Waals surface area contributed by atoms with Gasteiger partial charge in [-0.25, -0.2) is 8.78 Å². The quantitative estimate of drug-likeness (QED) is 0.616. The van der Waals surface area contributed by atoms with Gasteiger partial charge in [-0.1, -0.05) is 6.92 Å². The zero-order valence-electron chi connectivity index (χ0n) is 17.1. The Labute approximate surface area is 167 Å². The summed E-state index contributed by atoms with van der Waals surface area (Å²) in [7, 11) is 0. The molecule has 156 valence electrons. The minimum atomic E-state index is -0.401. The molecule has 0 spiro atoms. The van der Waals surface area contributed by atoms with Gasteiger partial charge in [-0.3, -0.25) is 4.99 Å². The lowest BCUT2D eigenvalue weighted by Gasteiger charge is -2.38. The van der Waals surface area contributed by atoms with Crippen LogP contribution in [0.3, 0.4) is 0 Å². The van der Waals surface area contributed by atoms with E-state index in [0.717, 1.165) is 51.3 Å². The summed E-state index contributed by atoms with van der Waals surface area (Å²) >= 11 is 0. The maximum Gasteiger partial charge on any atom is 0.194 e. The highest BCUT2D eigenvalue weighted by molar-refractivity contribution is 5.80. The summed E-state index contributed by atoms with van der Waals surface area (Å²) in [5.41, 5.74) is 0.350. The van der Waals surface area contributed by atoms with E-state index >= 15 is 0 Å². The molecule has 7 heteroatoms. The maximum atomic E-state index is 14.1. The predicted octanol–water partition coefficient (Wildman–Crippen LogP) is 2.78. The van der Waals surface area contributed by atoms with Gasteiger partial charge in [-0.05, 0) is 50.9 Å². The average molecular weight is 394 g/mol. The molecule has 2 aliphatic heterocycles. The summed E-state index contributed by atoms with van der Waals surface area (Å²) in [6.07, 6.45) is 2.49. The van der Waals surface area contributed by atoms with Crippen LogP contribution in [-0.2, 0) is 0 Å². The standard InChI is InChI=1S/C21H33F2N5/c1-3-24-21(25-15-17-6-5-9-26(4-2)16-17)28-12-10-27(11-13-28)20-14-18(22)7-8-19(20)23/h7-8,14,17H,3-6,9-13,15-16H2,1-2H3,(H,24,25). The summed E-state index contributed by atoms with van der Waals surface area (Å²) in [6, 6.07) is 3.65. The normalized spacial score (nSPS) is 21.9. The topological polar surface area (TPSA) is 34.1 Å². The van der Waals surface area contributed by atoms with Crippen molar-refractivity contribution < 1.29 is 8.78 Å². The number of aliphatic imine (C=N–C) groups is 1. The summed E-state index contributed by atoms with van der Waals surface area (Å²) in [5.74, 6) is 0.788. The minimum absolute atomic E-state index is 0.350. The SMILES string of the molecule is CCNC(=NCC1CCCN(CC)C1)N1CCN(c2cc(F)ccc2F)CC1. The minimum Gasteiger partial charge on any atom is -0.366 e. The van der Waals surface area contributed by atoms with Crippen LogP contribution in [-0.4, -0.2) is 74.7 Å². The first-order valence-corrected chi connectivity index (χ1v) is 10.6. The van der Waals surface area contributed by atoms with Crippen molar-refractivity contribution in [1.29, 1.82) is 0 Å². The second kappa shape index (κ2) is 10.0. The van der Waals surface area contributed by atoms with Crippen molar-refractivity contribution in [2.75, 3.05) is 63.8 Å². The molecule has 0 radical (unpaired) electrons. The number of piperazine rings is 1. The molecule has 2 aliphatic rings. The number of guanidine groups is 1. The maximum absolute atomic E-state index is 14.1. The fraction of sp³-hybridized carbons (Fsp3) is 0.667. The molecule has 0 aromatic heterocycles. The van der Waals surface area contributed by atoms with Crippen LogP contribution in [0.4, 0.5) is 14.5 Å². The van der Waals surface area contributed by atoms with E-state index in [-0.39, 0.29) is 5.82 Å². The molecule has 1 N–H and O–H groups in total. The van der Waals surface area contributed by atoms with Crippen molar-refractivity contribution in [3.05, 3.63) is 29.8 Å². The predicted molar refractivity (Wildman–Crippen MR) is 111 cm³/mol. The van der Waals surface area contributed by atoms with E-state index in [9.17, 15) is 8.78 Å². The Balaban J connectivity index is 1.58. The lowest BCUT2D eigenvalue weighted by atomic mass is 9.98. The number of halogens is 2. The van der Waals surface area contributed by atoms with Gasteiger partial charge in [0.25, 0.3) is 0 Å². The lowest BCUT2D eigenvalue weighted by molar-refractivity contribution is 0.186. The molecule has 2 heterocycles. The number of hydrogen-bond acceptors (Lipinski definition) is 3. The van der Waals surface area contributed by atoms with Crippen LogP contribution in [0, 0.1) is 17.6 Å². The van der Waals surface area contributed by atoms with Crippen LogP contribution in [0.5, 0.6) is 0 Å². The number of rotatable bonds is 5. The van der Waals surface area contributed by atoms with E-state index < -0.39 is 5.82 Å². The highest BCUT2D eigenvalue weighted by Gasteiger charge is 2.23. The van der Waals surface area contributed by atoms with Gasteiger partial charge in [0.2, 0.25) is 0 Å². The number of nitrogens with one attached hydrogen (secondary N) is 1. The molecule has 1 aromatic carbocycles. The Morgan fingerprint density at radius 1 is 1.14 bits per heavy atom. The fourth-order valence-corrected chi connectivity index (χ4v) is 4.12. The van der Waals surface area contributed by atoms with Gasteiger partial charge >= 0.3 is 0 Å². The van der Waals surface area contributed by atoms with Crippen LogP contribution in [0.15, 0.2) is 23.2 Å². The third kappa shape index (κ3) is 5.34. The lowest BCUT2D eigenvalue weighted by Crippen LogP contribution is -2.53. The molecule has 0 aliphatic carbocycles. The van der Waals surface area contributed by atoms with E-state index in [1.54, 1.807) is 0 Å². The molecular weight excluding hydrogens is 360 g/mol. The first-order valence-electron chi connectivity index (χ1n) is 10.6. The Bertz CT molecular complexity index is 658. The molecule has 0 saturated carbocycles. The Hall–Kier alpha value is -1.89. The third-order valence-electron chi connectivity index (χ3n) is 5.71. The highest BCUT2D eigenvalue weighted by atomic mass is 19.1. The first kappa shape index (κ1) is 20.8. The number of nitrogens with zero attached hydrogens (tertiary/aromatic N) is 4. The Morgan fingerprint density at radius 3 is 2.64 bits per heavy atom. The second-order valence-electron chi connectivity index (χ2n) is 7.67. The summed E-state index contributed by atoms with van der Waals surface area (Å²) in [4.78, 5) is 11.6. The third-order valence-corrected chi connectivity index (χ3v) is 5.71. The first-order chi connectivity index (χ1) is 13.6. The molecule has 1 unspecified atom stereocenters. The number of likely N-dealkylation sites (tertiary alicyclic amines) is 1. The summed E-state index contributed by atoms with van der Waals surface area (Å²) in [6.45, 7) is 12.2. The van der Waals surface area contributed by atoms with Crippen LogP contribution < -0.4 is 10.2 Å². The number of anilines is 1. The molecule has 28 heavy (non-hydrogen) atoms. The van der Waals surface area contributed by atoms with Gasteiger partial charge in [0.15, 0.2) is 5.96 Å². The Morgan fingerprint density at radius 2 is 1.93 bits per heavy atom. The largest absolute Gasteiger partial charge is 0.366 e. The molecule has 2 saturated heterocycles. The Kier molecular flexibility index (Phi) is 7.48. The molecule has 0 amide bonds. The van der Waals surface area contributed by atoms with Crippen molar-refractivity contribution in [1.82, 2.24) is 15.1 Å². The molecule has 3 rings (SSSR count). The number of benzene rings is 1. The van der Waals surface area contributed by atoms with E-state index in [4.69, 9.17) is 4.99 Å². The van der Waals surface area contributed by atoms with Crippen molar-refractivity contribution in [2.24, 2.45) is 10.9 Å². The van der Waals surface area contributed by atoms with Crippen molar-refractivity contribution in [3.8, 4) is 0 Å². The van der Waals surface area contributed by atoms with Crippen LogP contribution in [0.2, 0.25) is 0 Å². The van der Waals surface area contributed by atoms with Gasteiger partial charge in [-0.15, -0.1) is 0 Å². The van der Waals surface area contributed by atoms with Crippen molar-refractivity contribution in [2.45, 2.75) is 26.7 Å². The van der Waals surface area contributed by atoms with Crippen LogP contribution >= 0.6 is 0 Å². The van der Waals surface area contributed by atoms with Gasteiger partial charge in [-0.2, -0.15) is 0 Å². The van der Waals surface area contributed by atoms with Gasteiger partial charge in [0.1, 0.15) is 11.6 Å². The van der Waals surface area contributed by atoms with Gasteiger partial charge in [0.05, 0.1) is 5.69 Å².